The Morgan fingerprint density at radius 1 is 1.48 bits per heavy atom. The summed E-state index contributed by atoms with van der Waals surface area (Å²) in [4.78, 5) is 14.0. The third-order valence-corrected chi connectivity index (χ3v) is 4.17. The van der Waals surface area contributed by atoms with Crippen LogP contribution in [-0.4, -0.2) is 33.3 Å². The average molecular weight is 332 g/mol. The Balaban J connectivity index is 1.99. The number of alkyl halides is 3. The lowest BCUT2D eigenvalue weighted by molar-refractivity contribution is -0.142. The van der Waals surface area contributed by atoms with E-state index >= 15 is 0 Å². The van der Waals surface area contributed by atoms with Gasteiger partial charge >= 0.3 is 12.2 Å². The summed E-state index contributed by atoms with van der Waals surface area (Å²) in [5, 5.41) is 6.03. The first-order valence-corrected chi connectivity index (χ1v) is 7.82. The lowest BCUT2D eigenvalue weighted by Gasteiger charge is -2.34. The molecule has 2 rings (SSSR count). The fraction of sp³-hybridized carbons (Fsp3) is 0.733. The number of amides is 2. The zero-order valence-corrected chi connectivity index (χ0v) is 13.7. The topological polar surface area (TPSA) is 50.2 Å². The lowest BCUT2D eigenvalue weighted by Crippen LogP contribution is -2.47. The highest BCUT2D eigenvalue weighted by atomic mass is 19.4. The normalized spacial score (nSPS) is 15.6. The maximum atomic E-state index is 12.9. The number of hydrogen-bond acceptors (Lipinski definition) is 2. The van der Waals surface area contributed by atoms with Crippen LogP contribution in [-0.2, 0) is 19.8 Å². The van der Waals surface area contributed by atoms with Crippen LogP contribution < -0.4 is 5.32 Å². The summed E-state index contributed by atoms with van der Waals surface area (Å²) in [6, 6.07) is -0.324. The molecule has 1 saturated carbocycles. The highest BCUT2D eigenvalue weighted by molar-refractivity contribution is 5.74. The Bertz CT molecular complexity index is 549. The minimum absolute atomic E-state index is 0.00610. The number of hydrogen-bond donors (Lipinski definition) is 1. The highest BCUT2D eigenvalue weighted by Crippen LogP contribution is 2.30. The molecule has 1 fully saturated rings. The molecule has 1 aliphatic carbocycles. The van der Waals surface area contributed by atoms with Crippen LogP contribution in [0.15, 0.2) is 6.20 Å². The Morgan fingerprint density at radius 3 is 2.61 bits per heavy atom. The summed E-state index contributed by atoms with van der Waals surface area (Å²) >= 11 is 0. The first-order chi connectivity index (χ1) is 10.7. The van der Waals surface area contributed by atoms with Crippen LogP contribution in [0.2, 0.25) is 0 Å². The number of aromatic nitrogens is 2. The summed E-state index contributed by atoms with van der Waals surface area (Å²) in [5.41, 5.74) is -0.976. The van der Waals surface area contributed by atoms with Crippen LogP contribution in [0.5, 0.6) is 0 Å². The number of halogens is 3. The second kappa shape index (κ2) is 6.80. The molecule has 1 aliphatic rings. The molecule has 5 nitrogen and oxygen atoms in total. The van der Waals surface area contributed by atoms with Gasteiger partial charge < -0.3 is 10.2 Å². The minimum atomic E-state index is -4.52. The molecular formula is C15H23F3N4O. The van der Waals surface area contributed by atoms with Gasteiger partial charge in [0.1, 0.15) is 0 Å². The Morgan fingerprint density at radius 2 is 2.13 bits per heavy atom. The van der Waals surface area contributed by atoms with Crippen molar-refractivity contribution in [1.29, 1.82) is 0 Å². The van der Waals surface area contributed by atoms with Crippen molar-refractivity contribution >= 4 is 6.03 Å². The zero-order valence-electron chi connectivity index (χ0n) is 13.7. The van der Waals surface area contributed by atoms with Gasteiger partial charge in [-0.2, -0.15) is 18.3 Å². The molecule has 130 valence electrons. The van der Waals surface area contributed by atoms with Gasteiger partial charge in [-0.25, -0.2) is 4.79 Å². The van der Waals surface area contributed by atoms with E-state index < -0.39 is 11.9 Å². The average Bonchev–Trinajstić information content (AvgIpc) is 2.75. The van der Waals surface area contributed by atoms with Crippen LogP contribution in [0.3, 0.4) is 0 Å². The second-order valence-corrected chi connectivity index (χ2v) is 6.38. The maximum Gasteiger partial charge on any atom is 0.435 e. The highest BCUT2D eigenvalue weighted by Gasteiger charge is 2.37. The monoisotopic (exact) mass is 332 g/mol. The third-order valence-electron chi connectivity index (χ3n) is 4.17. The van der Waals surface area contributed by atoms with Gasteiger partial charge in [0.2, 0.25) is 0 Å². The molecule has 1 heterocycles. The number of nitrogens with zero attached hydrogens (tertiary/aromatic N) is 3. The minimum Gasteiger partial charge on any atom is -0.334 e. The van der Waals surface area contributed by atoms with E-state index in [1.807, 2.05) is 13.8 Å². The number of rotatable bonds is 5. The molecule has 8 heteroatoms. The molecule has 0 radical (unpaired) electrons. The molecule has 0 aliphatic heterocycles. The van der Waals surface area contributed by atoms with Gasteiger partial charge in [-0.1, -0.05) is 6.42 Å². The van der Waals surface area contributed by atoms with Gasteiger partial charge in [-0.3, -0.25) is 4.68 Å². The van der Waals surface area contributed by atoms with Crippen molar-refractivity contribution in [3.63, 3.8) is 0 Å². The van der Waals surface area contributed by atoms with Gasteiger partial charge in [0.15, 0.2) is 5.69 Å². The second-order valence-electron chi connectivity index (χ2n) is 6.38. The molecule has 1 aromatic heterocycles. The van der Waals surface area contributed by atoms with Gasteiger partial charge in [0.25, 0.3) is 0 Å². The first-order valence-electron chi connectivity index (χ1n) is 7.82. The molecule has 0 unspecified atom stereocenters. The SMILES string of the molecule is CC(C)N(CC1CCC1)C(=O)NCc1cn(C)nc1C(F)(F)F. The van der Waals surface area contributed by atoms with Crippen LogP contribution in [0.25, 0.3) is 0 Å². The molecule has 2 amide bonds. The largest absolute Gasteiger partial charge is 0.435 e. The number of carbonyl (C=O) groups is 1. The van der Waals surface area contributed by atoms with E-state index in [2.05, 4.69) is 10.4 Å². The third kappa shape index (κ3) is 4.39. The molecular weight excluding hydrogens is 309 g/mol. The predicted molar refractivity (Wildman–Crippen MR) is 79.6 cm³/mol. The number of urea groups is 1. The Labute approximate surface area is 133 Å². The Hall–Kier alpha value is -1.73. The van der Waals surface area contributed by atoms with Gasteiger partial charge in [-0.15, -0.1) is 0 Å². The summed E-state index contributed by atoms with van der Waals surface area (Å²) in [7, 11) is 1.43. The fourth-order valence-electron chi connectivity index (χ4n) is 2.66. The van der Waals surface area contributed by atoms with Crippen LogP contribution >= 0.6 is 0 Å². The van der Waals surface area contributed by atoms with E-state index in [0.29, 0.717) is 12.5 Å². The van der Waals surface area contributed by atoms with E-state index in [1.165, 1.54) is 19.7 Å². The smallest absolute Gasteiger partial charge is 0.334 e. The van der Waals surface area contributed by atoms with Crippen LogP contribution in [0.1, 0.15) is 44.4 Å². The fourth-order valence-corrected chi connectivity index (χ4v) is 2.66. The van der Waals surface area contributed by atoms with Gasteiger partial charge in [0, 0.05) is 37.9 Å². The molecule has 0 atom stereocenters. The van der Waals surface area contributed by atoms with Crippen molar-refractivity contribution in [3.8, 4) is 0 Å². The van der Waals surface area contributed by atoms with Crippen molar-refractivity contribution in [2.45, 2.75) is 51.9 Å². The van der Waals surface area contributed by atoms with E-state index in [4.69, 9.17) is 0 Å². The zero-order chi connectivity index (χ0) is 17.2. The maximum absolute atomic E-state index is 12.9. The molecule has 1 N–H and O–H groups in total. The first kappa shape index (κ1) is 17.6. The summed E-state index contributed by atoms with van der Waals surface area (Å²) in [5.74, 6) is 0.507. The van der Waals surface area contributed by atoms with E-state index in [1.54, 1.807) is 4.90 Å². The van der Waals surface area contributed by atoms with Gasteiger partial charge in [-0.05, 0) is 32.6 Å². The summed E-state index contributed by atoms with van der Waals surface area (Å²) < 4.78 is 39.8. The summed E-state index contributed by atoms with van der Waals surface area (Å²) in [6.07, 6.45) is 0.164. The summed E-state index contributed by atoms with van der Waals surface area (Å²) in [6.45, 7) is 4.28. The molecule has 0 aromatic carbocycles. The quantitative estimate of drug-likeness (QED) is 0.900. The number of aryl methyl sites for hydroxylation is 1. The predicted octanol–water partition coefficient (Wildman–Crippen LogP) is 3.16. The van der Waals surface area contributed by atoms with Gasteiger partial charge in [0.05, 0.1) is 0 Å². The molecule has 23 heavy (non-hydrogen) atoms. The number of carbonyl (C=O) groups excluding carboxylic acids is 1. The molecule has 1 aromatic rings. The van der Waals surface area contributed by atoms with Crippen molar-refractivity contribution in [1.82, 2.24) is 20.0 Å². The Kier molecular flexibility index (Phi) is 5.21. The molecule has 0 bridgehead atoms. The lowest BCUT2D eigenvalue weighted by atomic mass is 9.85. The van der Waals surface area contributed by atoms with Crippen LogP contribution in [0, 0.1) is 5.92 Å². The van der Waals surface area contributed by atoms with Crippen molar-refractivity contribution in [2.75, 3.05) is 6.54 Å². The van der Waals surface area contributed by atoms with E-state index in [-0.39, 0.29) is 24.2 Å². The standard InChI is InChI=1S/C15H23F3N4O/c1-10(2)22(8-11-5-4-6-11)14(23)19-7-12-9-21(3)20-13(12)15(16,17)18/h9-11H,4-8H2,1-3H3,(H,19,23). The van der Waals surface area contributed by atoms with E-state index in [0.717, 1.165) is 17.5 Å². The molecule has 0 saturated heterocycles. The van der Waals surface area contributed by atoms with E-state index in [9.17, 15) is 18.0 Å². The number of nitrogens with one attached hydrogen (secondary N) is 1. The van der Waals surface area contributed by atoms with Crippen LogP contribution in [0.4, 0.5) is 18.0 Å². The van der Waals surface area contributed by atoms with Crippen molar-refractivity contribution in [2.24, 2.45) is 13.0 Å². The van der Waals surface area contributed by atoms with Crippen molar-refractivity contribution in [3.05, 3.63) is 17.5 Å². The molecule has 0 spiro atoms. The van der Waals surface area contributed by atoms with Crippen molar-refractivity contribution < 1.29 is 18.0 Å².